The molecule has 2 aromatic rings. The van der Waals surface area contributed by atoms with Gasteiger partial charge in [-0.15, -0.1) is 11.3 Å². The molecule has 0 saturated heterocycles. The molecule has 0 saturated carbocycles. The summed E-state index contributed by atoms with van der Waals surface area (Å²) in [6.45, 7) is 2.93. The highest BCUT2D eigenvalue weighted by atomic mass is 32.1. The molecule has 84 valence electrons. The number of hydrogen-bond acceptors (Lipinski definition) is 3. The normalized spacial score (nSPS) is 15.1. The van der Waals surface area contributed by atoms with Gasteiger partial charge in [-0.1, -0.05) is 0 Å². The van der Waals surface area contributed by atoms with Gasteiger partial charge in [0, 0.05) is 11.1 Å². The van der Waals surface area contributed by atoms with Crippen molar-refractivity contribution in [2.75, 3.05) is 0 Å². The zero-order valence-corrected chi connectivity index (χ0v) is 10.3. The van der Waals surface area contributed by atoms with Crippen molar-refractivity contribution in [2.24, 2.45) is 0 Å². The summed E-state index contributed by atoms with van der Waals surface area (Å²) < 4.78 is 2.27. The Kier molecular flexibility index (Phi) is 2.52. The molecule has 0 fully saturated rings. The molecule has 2 aromatic heterocycles. The fourth-order valence-corrected chi connectivity index (χ4v) is 2.93. The SMILES string of the molecule is Cc1nc(Cn2cnc3c2CCCC3)cs1. The molecule has 0 aliphatic heterocycles. The summed E-state index contributed by atoms with van der Waals surface area (Å²) in [4.78, 5) is 9.00. The van der Waals surface area contributed by atoms with E-state index in [0.29, 0.717) is 0 Å². The van der Waals surface area contributed by atoms with Crippen LogP contribution in [0.2, 0.25) is 0 Å². The lowest BCUT2D eigenvalue weighted by atomic mass is 10.0. The van der Waals surface area contributed by atoms with Crippen LogP contribution < -0.4 is 0 Å². The first kappa shape index (κ1) is 10.0. The van der Waals surface area contributed by atoms with E-state index in [4.69, 9.17) is 0 Å². The molecule has 2 heterocycles. The Bertz CT molecular complexity index is 498. The zero-order chi connectivity index (χ0) is 11.0. The average molecular weight is 233 g/mol. The van der Waals surface area contributed by atoms with Crippen LogP contribution in [-0.2, 0) is 19.4 Å². The quantitative estimate of drug-likeness (QED) is 0.798. The Morgan fingerprint density at radius 2 is 2.25 bits per heavy atom. The van der Waals surface area contributed by atoms with Crippen molar-refractivity contribution in [3.63, 3.8) is 0 Å². The number of hydrogen-bond donors (Lipinski definition) is 0. The number of rotatable bonds is 2. The van der Waals surface area contributed by atoms with Crippen molar-refractivity contribution in [2.45, 2.75) is 39.2 Å². The summed E-state index contributed by atoms with van der Waals surface area (Å²) in [5, 5.41) is 3.29. The number of fused-ring (bicyclic) bond motifs is 1. The van der Waals surface area contributed by atoms with Gasteiger partial charge in [0.25, 0.3) is 0 Å². The van der Waals surface area contributed by atoms with Gasteiger partial charge in [-0.2, -0.15) is 0 Å². The molecule has 0 spiro atoms. The largest absolute Gasteiger partial charge is 0.328 e. The monoisotopic (exact) mass is 233 g/mol. The topological polar surface area (TPSA) is 30.7 Å². The maximum atomic E-state index is 4.50. The fourth-order valence-electron chi connectivity index (χ4n) is 2.32. The third-order valence-corrected chi connectivity index (χ3v) is 3.93. The first-order chi connectivity index (χ1) is 7.83. The van der Waals surface area contributed by atoms with Gasteiger partial charge in [0.2, 0.25) is 0 Å². The van der Waals surface area contributed by atoms with Crippen LogP contribution in [0.4, 0.5) is 0 Å². The number of imidazole rings is 1. The molecule has 16 heavy (non-hydrogen) atoms. The second-order valence-corrected chi connectivity index (χ2v) is 5.39. The van der Waals surface area contributed by atoms with E-state index < -0.39 is 0 Å². The van der Waals surface area contributed by atoms with Crippen molar-refractivity contribution in [1.82, 2.24) is 14.5 Å². The highest BCUT2D eigenvalue weighted by molar-refractivity contribution is 7.09. The minimum atomic E-state index is 0.882. The summed E-state index contributed by atoms with van der Waals surface area (Å²) in [5.41, 5.74) is 3.89. The van der Waals surface area contributed by atoms with E-state index in [-0.39, 0.29) is 0 Å². The summed E-state index contributed by atoms with van der Waals surface area (Å²) >= 11 is 1.72. The molecule has 0 atom stereocenters. The van der Waals surface area contributed by atoms with Gasteiger partial charge in [-0.3, -0.25) is 0 Å². The van der Waals surface area contributed by atoms with Gasteiger partial charge in [-0.05, 0) is 32.6 Å². The highest BCUT2D eigenvalue weighted by Crippen LogP contribution is 2.21. The van der Waals surface area contributed by atoms with Crippen LogP contribution in [0.1, 0.15) is 34.9 Å². The Balaban J connectivity index is 1.87. The second-order valence-electron chi connectivity index (χ2n) is 4.33. The summed E-state index contributed by atoms with van der Waals surface area (Å²) in [7, 11) is 0. The van der Waals surface area contributed by atoms with E-state index in [0.717, 1.165) is 23.7 Å². The summed E-state index contributed by atoms with van der Waals surface area (Å²) in [6.07, 6.45) is 6.90. The van der Waals surface area contributed by atoms with Gasteiger partial charge in [0.05, 0.1) is 29.3 Å². The number of aryl methyl sites for hydroxylation is 2. The number of nitrogens with zero attached hydrogens (tertiary/aromatic N) is 3. The van der Waals surface area contributed by atoms with Crippen LogP contribution >= 0.6 is 11.3 Å². The molecule has 1 aliphatic rings. The van der Waals surface area contributed by atoms with Crippen LogP contribution in [0.15, 0.2) is 11.7 Å². The van der Waals surface area contributed by atoms with E-state index in [1.165, 1.54) is 30.7 Å². The Morgan fingerprint density at radius 3 is 3.06 bits per heavy atom. The maximum Gasteiger partial charge on any atom is 0.0955 e. The van der Waals surface area contributed by atoms with E-state index >= 15 is 0 Å². The Hall–Kier alpha value is -1.16. The highest BCUT2D eigenvalue weighted by Gasteiger charge is 2.15. The average Bonchev–Trinajstić information content (AvgIpc) is 2.87. The van der Waals surface area contributed by atoms with E-state index in [9.17, 15) is 0 Å². The molecule has 3 rings (SSSR count). The molecule has 3 nitrogen and oxygen atoms in total. The summed E-state index contributed by atoms with van der Waals surface area (Å²) in [5.74, 6) is 0. The molecule has 0 bridgehead atoms. The lowest BCUT2D eigenvalue weighted by molar-refractivity contribution is 0.625. The molecule has 0 amide bonds. The molecule has 0 aromatic carbocycles. The maximum absolute atomic E-state index is 4.50. The predicted molar refractivity (Wildman–Crippen MR) is 64.8 cm³/mol. The third-order valence-electron chi connectivity index (χ3n) is 3.11. The Morgan fingerprint density at radius 1 is 1.38 bits per heavy atom. The molecule has 0 unspecified atom stereocenters. The van der Waals surface area contributed by atoms with Crippen LogP contribution in [0.25, 0.3) is 0 Å². The minimum Gasteiger partial charge on any atom is -0.328 e. The van der Waals surface area contributed by atoms with Crippen molar-refractivity contribution < 1.29 is 0 Å². The molecule has 1 aliphatic carbocycles. The third kappa shape index (κ3) is 1.78. The van der Waals surface area contributed by atoms with E-state index in [2.05, 4.69) is 26.8 Å². The van der Waals surface area contributed by atoms with Crippen LogP contribution in [-0.4, -0.2) is 14.5 Å². The van der Waals surface area contributed by atoms with Gasteiger partial charge in [-0.25, -0.2) is 9.97 Å². The molecule has 0 N–H and O–H groups in total. The van der Waals surface area contributed by atoms with Crippen molar-refractivity contribution in [3.05, 3.63) is 33.8 Å². The van der Waals surface area contributed by atoms with E-state index in [1.54, 1.807) is 11.3 Å². The molecule has 4 heteroatoms. The molecule has 0 radical (unpaired) electrons. The smallest absolute Gasteiger partial charge is 0.0955 e. The predicted octanol–water partition coefficient (Wildman–Crippen LogP) is 2.58. The van der Waals surface area contributed by atoms with Gasteiger partial charge < -0.3 is 4.57 Å². The minimum absolute atomic E-state index is 0.882. The van der Waals surface area contributed by atoms with Gasteiger partial charge in [0.1, 0.15) is 0 Å². The molecular weight excluding hydrogens is 218 g/mol. The number of thiazole rings is 1. The van der Waals surface area contributed by atoms with Crippen molar-refractivity contribution >= 4 is 11.3 Å². The van der Waals surface area contributed by atoms with Crippen LogP contribution in [0, 0.1) is 6.92 Å². The first-order valence-electron chi connectivity index (χ1n) is 5.77. The fraction of sp³-hybridized carbons (Fsp3) is 0.500. The summed E-state index contributed by atoms with van der Waals surface area (Å²) in [6, 6.07) is 0. The van der Waals surface area contributed by atoms with Crippen molar-refractivity contribution in [1.29, 1.82) is 0 Å². The van der Waals surface area contributed by atoms with Gasteiger partial charge >= 0.3 is 0 Å². The second kappa shape index (κ2) is 4.01. The first-order valence-corrected chi connectivity index (χ1v) is 6.65. The van der Waals surface area contributed by atoms with E-state index in [1.807, 2.05) is 6.33 Å². The lowest BCUT2D eigenvalue weighted by Crippen LogP contribution is -2.09. The van der Waals surface area contributed by atoms with Crippen molar-refractivity contribution in [3.8, 4) is 0 Å². The van der Waals surface area contributed by atoms with Crippen LogP contribution in [0.3, 0.4) is 0 Å². The zero-order valence-electron chi connectivity index (χ0n) is 9.44. The standard InChI is InChI=1S/C12H15N3S/c1-9-14-10(7-16-9)6-15-8-13-11-4-2-3-5-12(11)15/h7-8H,2-6H2,1H3. The van der Waals surface area contributed by atoms with Gasteiger partial charge in [0.15, 0.2) is 0 Å². The lowest BCUT2D eigenvalue weighted by Gasteiger charge is -2.13. The Labute approximate surface area is 99.2 Å². The number of aromatic nitrogens is 3. The van der Waals surface area contributed by atoms with Crippen LogP contribution in [0.5, 0.6) is 0 Å². The molecular formula is C12H15N3S.